The summed E-state index contributed by atoms with van der Waals surface area (Å²) in [6.07, 6.45) is 14.8. The summed E-state index contributed by atoms with van der Waals surface area (Å²) in [7, 11) is 0. The van der Waals surface area contributed by atoms with Gasteiger partial charge in [-0.2, -0.15) is 5.10 Å². The van der Waals surface area contributed by atoms with Gasteiger partial charge in [-0.1, -0.05) is 44.0 Å². The van der Waals surface area contributed by atoms with E-state index in [4.69, 9.17) is 4.74 Å². The number of Topliss-reactive ketones (excluding diaryl/α,β-unsaturated/α-hetero) is 1. The molecule has 5 fully saturated rings. The predicted molar refractivity (Wildman–Crippen MR) is 204 cm³/mol. The number of hydrogen-bond donors (Lipinski definition) is 1. The van der Waals surface area contributed by atoms with E-state index in [0.717, 1.165) is 74.3 Å². The normalized spacial score (nSPS) is 29.5. The van der Waals surface area contributed by atoms with Crippen molar-refractivity contribution in [3.63, 3.8) is 0 Å². The van der Waals surface area contributed by atoms with Gasteiger partial charge in [0.15, 0.2) is 0 Å². The molecular formula is C44H55FN4O5. The van der Waals surface area contributed by atoms with Gasteiger partial charge in [0.1, 0.15) is 11.6 Å². The van der Waals surface area contributed by atoms with E-state index in [0.29, 0.717) is 73.1 Å². The highest BCUT2D eigenvalue weighted by molar-refractivity contribution is 5.95. The van der Waals surface area contributed by atoms with Gasteiger partial charge in [0.05, 0.1) is 22.2 Å². The van der Waals surface area contributed by atoms with Crippen molar-refractivity contribution in [1.29, 1.82) is 0 Å². The molecule has 1 aliphatic heterocycles. The number of aromatic amines is 1. The fraction of sp³-hybridized carbons (Fsp3) is 0.614. The number of H-pyrrole nitrogens is 1. The number of unbranched alkanes of at least 4 members (excludes halogenated alkanes) is 2. The summed E-state index contributed by atoms with van der Waals surface area (Å²) >= 11 is 0. The number of carbonyl (C=O) groups is 3. The summed E-state index contributed by atoms with van der Waals surface area (Å²) in [4.78, 5) is 54.5. The molecule has 2 amide bonds. The molecule has 0 unspecified atom stereocenters. The summed E-state index contributed by atoms with van der Waals surface area (Å²) in [6.45, 7) is 4.85. The molecule has 0 spiro atoms. The monoisotopic (exact) mass is 738 g/mol. The van der Waals surface area contributed by atoms with Crippen LogP contribution in [0.25, 0.3) is 10.8 Å². The Kier molecular flexibility index (Phi) is 10.5. The SMILES string of the molecule is C[C@]12CCC(=O)C[C@@H]1CC[C@H]1[C@@H]3CCC[C@@]3(OCCCCCC(=O)N3CCN(C(=O)c4cc(Cc5n[nH]c(=O)c6ccccc56)ccc4F)CC3)CC[C@@H]12. The average Bonchev–Trinajstić information content (AvgIpc) is 3.63. The summed E-state index contributed by atoms with van der Waals surface area (Å²) < 4.78 is 21.8. The predicted octanol–water partition coefficient (Wildman–Crippen LogP) is 7.25. The van der Waals surface area contributed by atoms with E-state index in [1.807, 2.05) is 17.0 Å². The van der Waals surface area contributed by atoms with Crippen molar-refractivity contribution in [3.05, 3.63) is 75.5 Å². The second kappa shape index (κ2) is 15.3. The molecule has 2 heterocycles. The van der Waals surface area contributed by atoms with Crippen molar-refractivity contribution >= 4 is 28.4 Å². The molecule has 8 rings (SSSR count). The number of nitrogens with one attached hydrogen (secondary N) is 1. The molecule has 54 heavy (non-hydrogen) atoms. The van der Waals surface area contributed by atoms with Gasteiger partial charge < -0.3 is 14.5 Å². The summed E-state index contributed by atoms with van der Waals surface area (Å²) in [6, 6.07) is 11.7. The lowest BCUT2D eigenvalue weighted by Gasteiger charge is -2.59. The van der Waals surface area contributed by atoms with Crippen LogP contribution in [0.5, 0.6) is 0 Å². The second-order valence-corrected chi connectivity index (χ2v) is 17.3. The molecule has 4 saturated carbocycles. The number of piperazine rings is 1. The smallest absolute Gasteiger partial charge is 0.272 e. The number of benzene rings is 2. The fourth-order valence-corrected chi connectivity index (χ4v) is 11.6. The number of ether oxygens (including phenoxy) is 1. The van der Waals surface area contributed by atoms with Crippen molar-refractivity contribution in [2.24, 2.45) is 29.1 Å². The second-order valence-electron chi connectivity index (χ2n) is 17.3. The number of rotatable bonds is 10. The molecule has 3 aromatic rings. The van der Waals surface area contributed by atoms with Crippen LogP contribution in [0, 0.1) is 34.9 Å². The third-order valence-corrected chi connectivity index (χ3v) is 14.5. The van der Waals surface area contributed by atoms with Crippen LogP contribution in [-0.2, 0) is 20.7 Å². The fourth-order valence-electron chi connectivity index (χ4n) is 11.6. The van der Waals surface area contributed by atoms with Crippen LogP contribution in [0.1, 0.15) is 118 Å². The molecule has 2 aromatic carbocycles. The molecule has 0 bridgehead atoms. The van der Waals surface area contributed by atoms with Gasteiger partial charge in [-0.15, -0.1) is 0 Å². The molecule has 4 aliphatic carbocycles. The molecule has 5 aliphatic rings. The van der Waals surface area contributed by atoms with Crippen LogP contribution in [0.3, 0.4) is 0 Å². The first-order chi connectivity index (χ1) is 26.1. The van der Waals surface area contributed by atoms with Crippen LogP contribution in [-0.4, -0.2) is 76.0 Å². The quantitative estimate of drug-likeness (QED) is 0.220. The Morgan fingerprint density at radius 2 is 1.70 bits per heavy atom. The lowest BCUT2D eigenvalue weighted by Crippen LogP contribution is -2.55. The van der Waals surface area contributed by atoms with E-state index in [1.54, 1.807) is 29.2 Å². The Bertz CT molecular complexity index is 1960. The molecule has 1 saturated heterocycles. The molecule has 1 aromatic heterocycles. The Morgan fingerprint density at radius 3 is 2.54 bits per heavy atom. The van der Waals surface area contributed by atoms with Gasteiger partial charge in [0.2, 0.25) is 5.91 Å². The topological polar surface area (TPSA) is 113 Å². The Morgan fingerprint density at radius 1 is 0.907 bits per heavy atom. The van der Waals surface area contributed by atoms with Crippen molar-refractivity contribution in [2.45, 2.75) is 109 Å². The van der Waals surface area contributed by atoms with Crippen molar-refractivity contribution in [2.75, 3.05) is 32.8 Å². The number of aromatic nitrogens is 2. The lowest BCUT2D eigenvalue weighted by atomic mass is 9.46. The van der Waals surface area contributed by atoms with Gasteiger partial charge in [0, 0.05) is 63.9 Å². The van der Waals surface area contributed by atoms with E-state index in [2.05, 4.69) is 17.1 Å². The standard InChI is InChI=1S/C44H55FN4O5/c1-43-19-16-31(50)28-30(43)13-14-34-36(43)17-20-44(18-7-10-37(34)44)54-25-6-2-3-11-40(51)48-21-23-49(24-22-48)42(53)35-26-29(12-15-38(35)45)27-39-32-8-4-5-9-33(32)41(52)47-46-39/h4-5,8-9,12,15,26,30,34,36-37H,2-3,6-7,10-11,13-14,16-25,27-28H2,1H3,(H,47,52)/t30-,34+,36-,37-,43-,44+/m0/s1. The maximum absolute atomic E-state index is 15.0. The van der Waals surface area contributed by atoms with E-state index in [9.17, 15) is 23.6 Å². The van der Waals surface area contributed by atoms with E-state index in [-0.39, 0.29) is 28.5 Å². The number of hydrogen-bond acceptors (Lipinski definition) is 6. The zero-order chi connectivity index (χ0) is 37.5. The lowest BCUT2D eigenvalue weighted by molar-refractivity contribution is -0.169. The van der Waals surface area contributed by atoms with Crippen LogP contribution in [0.4, 0.5) is 4.39 Å². The largest absolute Gasteiger partial charge is 0.375 e. The first-order valence-electron chi connectivity index (χ1n) is 20.6. The minimum atomic E-state index is -0.582. The summed E-state index contributed by atoms with van der Waals surface area (Å²) in [5, 5.41) is 8.02. The zero-order valence-corrected chi connectivity index (χ0v) is 31.8. The van der Waals surface area contributed by atoms with Crippen molar-refractivity contribution in [3.8, 4) is 0 Å². The molecule has 0 radical (unpaired) electrons. The maximum atomic E-state index is 15.0. The van der Waals surface area contributed by atoms with Crippen LogP contribution >= 0.6 is 0 Å². The van der Waals surface area contributed by atoms with Crippen LogP contribution < -0.4 is 5.56 Å². The zero-order valence-electron chi connectivity index (χ0n) is 31.8. The molecule has 1 N–H and O–H groups in total. The first-order valence-corrected chi connectivity index (χ1v) is 20.6. The van der Waals surface area contributed by atoms with Gasteiger partial charge in [-0.05, 0) is 111 Å². The van der Waals surface area contributed by atoms with Gasteiger partial charge in [-0.3, -0.25) is 19.2 Å². The Labute approximate surface area is 317 Å². The number of halogens is 1. The van der Waals surface area contributed by atoms with Crippen molar-refractivity contribution < 1.29 is 23.5 Å². The molecular weight excluding hydrogens is 684 g/mol. The minimum Gasteiger partial charge on any atom is -0.375 e. The summed E-state index contributed by atoms with van der Waals surface area (Å²) in [5.74, 6) is 2.33. The van der Waals surface area contributed by atoms with Gasteiger partial charge in [0.25, 0.3) is 11.5 Å². The van der Waals surface area contributed by atoms with Crippen LogP contribution in [0.15, 0.2) is 47.3 Å². The highest BCUT2D eigenvalue weighted by atomic mass is 19.1. The van der Waals surface area contributed by atoms with Crippen molar-refractivity contribution in [1.82, 2.24) is 20.0 Å². The van der Waals surface area contributed by atoms with Gasteiger partial charge in [-0.25, -0.2) is 9.49 Å². The number of nitrogens with zero attached hydrogens (tertiary/aromatic N) is 3. The highest BCUT2D eigenvalue weighted by Gasteiger charge is 2.59. The maximum Gasteiger partial charge on any atom is 0.272 e. The number of fused-ring (bicyclic) bond motifs is 6. The van der Waals surface area contributed by atoms with Gasteiger partial charge >= 0.3 is 0 Å². The molecule has 6 atom stereocenters. The van der Waals surface area contributed by atoms with E-state index < -0.39 is 5.82 Å². The third-order valence-electron chi connectivity index (χ3n) is 14.5. The molecule has 10 heteroatoms. The number of ketones is 1. The summed E-state index contributed by atoms with van der Waals surface area (Å²) in [5.41, 5.74) is 1.45. The molecule has 288 valence electrons. The van der Waals surface area contributed by atoms with E-state index in [1.165, 1.54) is 44.6 Å². The Hall–Kier alpha value is -3.92. The number of carbonyl (C=O) groups excluding carboxylic acids is 3. The van der Waals surface area contributed by atoms with Crippen LogP contribution in [0.2, 0.25) is 0 Å². The highest BCUT2D eigenvalue weighted by Crippen LogP contribution is 2.64. The molecule has 9 nitrogen and oxygen atoms in total. The number of amides is 2. The Balaban J connectivity index is 0.775. The average molecular weight is 739 g/mol. The third kappa shape index (κ3) is 7.03. The first kappa shape index (κ1) is 37.0. The van der Waals surface area contributed by atoms with E-state index >= 15 is 0 Å². The minimum absolute atomic E-state index is 0.00306.